The average Bonchev–Trinajstić information content (AvgIpc) is 2.57. The summed E-state index contributed by atoms with van der Waals surface area (Å²) < 4.78 is 0. The van der Waals surface area contributed by atoms with Gasteiger partial charge in [0.25, 0.3) is 0 Å². The first kappa shape index (κ1) is 10.4. The maximum absolute atomic E-state index is 11.5. The maximum Gasteiger partial charge on any atom is 0.317 e. The molecule has 1 heterocycles. The fourth-order valence-corrected chi connectivity index (χ4v) is 2.25. The molecule has 1 rings (SSSR count). The predicted octanol–water partition coefficient (Wildman–Crippen LogP) is 1.98. The minimum absolute atomic E-state index is 0.0978. The lowest BCUT2D eigenvalue weighted by Crippen LogP contribution is -2.49. The zero-order valence-electron chi connectivity index (χ0n) is 8.89. The van der Waals surface area contributed by atoms with Gasteiger partial charge in [-0.2, -0.15) is 0 Å². The smallest absolute Gasteiger partial charge is 0.317 e. The molecule has 3 nitrogen and oxygen atoms in total. The van der Waals surface area contributed by atoms with E-state index in [-0.39, 0.29) is 11.6 Å². The summed E-state index contributed by atoms with van der Waals surface area (Å²) in [5.41, 5.74) is 0.0978. The van der Waals surface area contributed by atoms with Gasteiger partial charge >= 0.3 is 6.03 Å². The van der Waals surface area contributed by atoms with Gasteiger partial charge in [0, 0.05) is 18.6 Å². The molecule has 0 radical (unpaired) electrons. The molecule has 1 aliphatic rings. The van der Waals surface area contributed by atoms with Gasteiger partial charge in [0.15, 0.2) is 0 Å². The molecule has 0 unspecified atom stereocenters. The molecule has 1 fully saturated rings. The van der Waals surface area contributed by atoms with Crippen LogP contribution in [0.1, 0.15) is 40.0 Å². The third-order valence-electron chi connectivity index (χ3n) is 3.40. The van der Waals surface area contributed by atoms with Crippen molar-refractivity contribution < 1.29 is 4.79 Å². The summed E-state index contributed by atoms with van der Waals surface area (Å²) in [6.07, 6.45) is 3.15. The molecule has 0 aliphatic carbocycles. The lowest BCUT2D eigenvalue weighted by molar-refractivity contribution is 0.122. The van der Waals surface area contributed by atoms with Gasteiger partial charge in [-0.05, 0) is 19.3 Å². The van der Waals surface area contributed by atoms with E-state index in [1.807, 2.05) is 4.90 Å². The molecule has 0 atom stereocenters. The van der Waals surface area contributed by atoms with Crippen molar-refractivity contribution in [3.05, 3.63) is 0 Å². The molecule has 76 valence electrons. The first-order valence-electron chi connectivity index (χ1n) is 5.25. The number of rotatable bonds is 4. The highest BCUT2D eigenvalue weighted by Gasteiger charge is 2.37. The van der Waals surface area contributed by atoms with Gasteiger partial charge in [-0.25, -0.2) is 4.79 Å². The zero-order valence-corrected chi connectivity index (χ0v) is 8.89. The highest BCUT2D eigenvalue weighted by atomic mass is 16.2. The molecule has 2 amide bonds. The normalized spacial score (nSPS) is 17.8. The van der Waals surface area contributed by atoms with Gasteiger partial charge in [0.1, 0.15) is 0 Å². The predicted molar refractivity (Wildman–Crippen MR) is 53.7 cm³/mol. The summed E-state index contributed by atoms with van der Waals surface area (Å²) in [5, 5.41) is 2.86. The quantitative estimate of drug-likeness (QED) is 0.712. The first-order chi connectivity index (χ1) is 6.20. The monoisotopic (exact) mass is 184 g/mol. The van der Waals surface area contributed by atoms with E-state index in [0.29, 0.717) is 0 Å². The second kappa shape index (κ2) is 3.99. The van der Waals surface area contributed by atoms with Gasteiger partial charge < -0.3 is 10.2 Å². The molecule has 0 aromatic rings. The van der Waals surface area contributed by atoms with Crippen molar-refractivity contribution in [2.45, 2.75) is 45.6 Å². The van der Waals surface area contributed by atoms with Crippen molar-refractivity contribution >= 4 is 6.03 Å². The van der Waals surface area contributed by atoms with E-state index >= 15 is 0 Å². The Bertz CT molecular complexity index is 179. The molecule has 3 heteroatoms. The van der Waals surface area contributed by atoms with Crippen LogP contribution < -0.4 is 5.32 Å². The van der Waals surface area contributed by atoms with Crippen molar-refractivity contribution in [2.24, 2.45) is 0 Å². The molecular weight excluding hydrogens is 164 g/mol. The summed E-state index contributed by atoms with van der Waals surface area (Å²) in [5.74, 6) is 0. The number of nitrogens with one attached hydrogen (secondary N) is 1. The lowest BCUT2D eigenvalue weighted by Gasteiger charge is -2.39. The van der Waals surface area contributed by atoms with Gasteiger partial charge in [-0.15, -0.1) is 0 Å². The Labute approximate surface area is 80.5 Å². The van der Waals surface area contributed by atoms with Gasteiger partial charge in [0.2, 0.25) is 0 Å². The Balaban J connectivity index is 2.79. The molecule has 0 spiro atoms. The van der Waals surface area contributed by atoms with Crippen LogP contribution in [0, 0.1) is 0 Å². The number of carbonyl (C=O) groups excluding carboxylic acids is 1. The minimum atomic E-state index is 0.0978. The molecule has 1 saturated heterocycles. The number of hydrogen-bond donors (Lipinski definition) is 1. The summed E-state index contributed by atoms with van der Waals surface area (Å²) in [7, 11) is 0. The molecule has 0 aromatic heterocycles. The molecule has 13 heavy (non-hydrogen) atoms. The Morgan fingerprint density at radius 3 is 2.15 bits per heavy atom. The first-order valence-corrected chi connectivity index (χ1v) is 5.25. The minimum Gasteiger partial charge on any atom is -0.336 e. The molecule has 1 N–H and O–H groups in total. The average molecular weight is 184 g/mol. The number of carbonyl (C=O) groups is 1. The van der Waals surface area contributed by atoms with Crippen molar-refractivity contribution in [3.8, 4) is 0 Å². The fraction of sp³-hybridized carbons (Fsp3) is 0.900. The van der Waals surface area contributed by atoms with Crippen molar-refractivity contribution in [1.29, 1.82) is 0 Å². The summed E-state index contributed by atoms with van der Waals surface area (Å²) in [4.78, 5) is 13.5. The van der Waals surface area contributed by atoms with E-state index in [2.05, 4.69) is 26.1 Å². The van der Waals surface area contributed by atoms with Crippen LogP contribution in [0.4, 0.5) is 4.79 Å². The van der Waals surface area contributed by atoms with Gasteiger partial charge in [-0.1, -0.05) is 20.8 Å². The lowest BCUT2D eigenvalue weighted by atomic mass is 9.88. The van der Waals surface area contributed by atoms with Crippen molar-refractivity contribution in [1.82, 2.24) is 10.2 Å². The van der Waals surface area contributed by atoms with Crippen molar-refractivity contribution in [2.75, 3.05) is 13.1 Å². The summed E-state index contributed by atoms with van der Waals surface area (Å²) >= 11 is 0. The van der Waals surface area contributed by atoms with E-state index in [0.717, 1.165) is 32.4 Å². The van der Waals surface area contributed by atoms with E-state index < -0.39 is 0 Å². The summed E-state index contributed by atoms with van der Waals surface area (Å²) in [6.45, 7) is 8.17. The Hall–Kier alpha value is -0.730. The maximum atomic E-state index is 11.5. The van der Waals surface area contributed by atoms with Crippen LogP contribution in [-0.4, -0.2) is 29.6 Å². The largest absolute Gasteiger partial charge is 0.336 e. The highest BCUT2D eigenvalue weighted by Crippen LogP contribution is 2.28. The van der Waals surface area contributed by atoms with Crippen LogP contribution in [-0.2, 0) is 0 Å². The number of nitrogens with zero attached hydrogens (tertiary/aromatic N) is 1. The van der Waals surface area contributed by atoms with Crippen LogP contribution in [0.15, 0.2) is 0 Å². The number of amides is 2. The zero-order chi connectivity index (χ0) is 9.90. The third-order valence-corrected chi connectivity index (χ3v) is 3.40. The van der Waals surface area contributed by atoms with Crippen LogP contribution >= 0.6 is 0 Å². The van der Waals surface area contributed by atoms with E-state index in [9.17, 15) is 4.79 Å². The van der Waals surface area contributed by atoms with Gasteiger partial charge in [-0.3, -0.25) is 0 Å². The van der Waals surface area contributed by atoms with E-state index in [1.54, 1.807) is 0 Å². The fourth-order valence-electron chi connectivity index (χ4n) is 2.25. The second-order valence-corrected chi connectivity index (χ2v) is 3.67. The van der Waals surface area contributed by atoms with E-state index in [1.165, 1.54) is 0 Å². The standard InChI is InChI=1S/C10H20N2O/c1-4-10(5-2,6-3)12-8-7-11-9(12)13/h4-8H2,1-3H3,(H,11,13). The topological polar surface area (TPSA) is 32.3 Å². The molecular formula is C10H20N2O. The SMILES string of the molecule is CCC(CC)(CC)N1CCNC1=O. The number of urea groups is 1. The van der Waals surface area contributed by atoms with E-state index in [4.69, 9.17) is 0 Å². The Kier molecular flexibility index (Phi) is 3.17. The van der Waals surface area contributed by atoms with Crippen molar-refractivity contribution in [3.63, 3.8) is 0 Å². The van der Waals surface area contributed by atoms with Crippen LogP contribution in [0.3, 0.4) is 0 Å². The third kappa shape index (κ3) is 1.64. The molecule has 0 aromatic carbocycles. The Morgan fingerprint density at radius 2 is 1.85 bits per heavy atom. The number of hydrogen-bond acceptors (Lipinski definition) is 1. The van der Waals surface area contributed by atoms with Crippen LogP contribution in [0.5, 0.6) is 0 Å². The molecule has 1 aliphatic heterocycles. The Morgan fingerprint density at radius 1 is 1.31 bits per heavy atom. The van der Waals surface area contributed by atoms with Crippen LogP contribution in [0.2, 0.25) is 0 Å². The highest BCUT2D eigenvalue weighted by molar-refractivity contribution is 5.77. The summed E-state index contributed by atoms with van der Waals surface area (Å²) in [6, 6.07) is 0.116. The van der Waals surface area contributed by atoms with Gasteiger partial charge in [0.05, 0.1) is 0 Å². The molecule has 0 saturated carbocycles. The second-order valence-electron chi connectivity index (χ2n) is 3.67. The molecule has 0 bridgehead atoms. The van der Waals surface area contributed by atoms with Crippen LogP contribution in [0.25, 0.3) is 0 Å².